The highest BCUT2D eigenvalue weighted by Crippen LogP contribution is 2.32. The zero-order valence-corrected chi connectivity index (χ0v) is 17.4. The molecule has 8 nitrogen and oxygen atoms in total. The molecule has 2 aromatic carbocycles. The van der Waals surface area contributed by atoms with Crippen LogP contribution in [0.4, 0.5) is 18.9 Å². The number of hydrogen-bond acceptors (Lipinski definition) is 6. The predicted molar refractivity (Wildman–Crippen MR) is 109 cm³/mol. The first-order valence-corrected chi connectivity index (χ1v) is 10.7. The normalized spacial score (nSPS) is 12.0. The summed E-state index contributed by atoms with van der Waals surface area (Å²) >= 11 is 0. The van der Waals surface area contributed by atoms with E-state index < -0.39 is 34.2 Å². The van der Waals surface area contributed by atoms with E-state index in [1.54, 1.807) is 6.92 Å². The van der Waals surface area contributed by atoms with Crippen LogP contribution in [0.15, 0.2) is 47.6 Å². The maximum atomic E-state index is 12.9. The molecule has 0 saturated carbocycles. The summed E-state index contributed by atoms with van der Waals surface area (Å²) in [5.41, 5.74) is 1.23. The molecule has 0 saturated heterocycles. The van der Waals surface area contributed by atoms with Gasteiger partial charge in [-0.05, 0) is 48.9 Å². The number of aromatic hydroxyl groups is 1. The van der Waals surface area contributed by atoms with E-state index in [-0.39, 0.29) is 17.2 Å². The topological polar surface area (TPSA) is 108 Å². The molecular weight excluding hydrogens is 439 g/mol. The van der Waals surface area contributed by atoms with Crippen LogP contribution in [0.3, 0.4) is 0 Å². The van der Waals surface area contributed by atoms with Gasteiger partial charge in [0.25, 0.3) is 5.91 Å². The van der Waals surface area contributed by atoms with Gasteiger partial charge in [0.2, 0.25) is 10.0 Å². The van der Waals surface area contributed by atoms with Crippen LogP contribution in [0.25, 0.3) is 0 Å². The van der Waals surface area contributed by atoms with Crippen molar-refractivity contribution in [1.82, 2.24) is 5.43 Å². The highest BCUT2D eigenvalue weighted by Gasteiger charge is 2.32. The van der Waals surface area contributed by atoms with Crippen molar-refractivity contribution in [2.24, 2.45) is 5.10 Å². The molecule has 0 aliphatic heterocycles. The Balaban J connectivity index is 2.14. The summed E-state index contributed by atoms with van der Waals surface area (Å²) in [6, 6.07) is 7.98. The second-order valence-corrected chi connectivity index (χ2v) is 8.18. The highest BCUT2D eigenvalue weighted by molar-refractivity contribution is 7.92. The molecule has 0 bridgehead atoms. The third-order valence-corrected chi connectivity index (χ3v) is 4.98. The van der Waals surface area contributed by atoms with Crippen LogP contribution < -0.4 is 14.5 Å². The van der Waals surface area contributed by atoms with Gasteiger partial charge >= 0.3 is 6.18 Å². The molecule has 2 rings (SSSR count). The SMILES string of the molecule is CCOc1cc(/C=N/NC(=O)CN(c2cccc(C(F)(F)F)c2)S(C)(=O)=O)ccc1O. The van der Waals surface area contributed by atoms with Crippen LogP contribution in [-0.2, 0) is 21.0 Å². The molecule has 0 aliphatic rings. The number of anilines is 1. The lowest BCUT2D eigenvalue weighted by molar-refractivity contribution is -0.137. The quantitative estimate of drug-likeness (QED) is 0.466. The number of amides is 1. The molecule has 0 aliphatic carbocycles. The number of nitrogens with zero attached hydrogens (tertiary/aromatic N) is 2. The van der Waals surface area contributed by atoms with Gasteiger partial charge in [-0.2, -0.15) is 18.3 Å². The number of alkyl halides is 3. The van der Waals surface area contributed by atoms with Crippen molar-refractivity contribution in [3.05, 3.63) is 53.6 Å². The van der Waals surface area contributed by atoms with E-state index in [2.05, 4.69) is 10.5 Å². The molecule has 0 radical (unpaired) electrons. The average molecular weight is 459 g/mol. The monoisotopic (exact) mass is 459 g/mol. The lowest BCUT2D eigenvalue weighted by Crippen LogP contribution is -2.39. The van der Waals surface area contributed by atoms with Crippen LogP contribution in [-0.4, -0.2) is 45.1 Å². The van der Waals surface area contributed by atoms with Crippen molar-refractivity contribution in [2.45, 2.75) is 13.1 Å². The maximum absolute atomic E-state index is 12.9. The molecular formula is C19H20F3N3O5S. The first-order valence-electron chi connectivity index (χ1n) is 8.84. The second-order valence-electron chi connectivity index (χ2n) is 6.27. The van der Waals surface area contributed by atoms with Gasteiger partial charge in [0.05, 0.1) is 30.3 Å². The van der Waals surface area contributed by atoms with E-state index in [4.69, 9.17) is 4.74 Å². The first kappa shape index (κ1) is 24.0. The minimum Gasteiger partial charge on any atom is -0.504 e. The average Bonchev–Trinajstić information content (AvgIpc) is 2.67. The minimum atomic E-state index is -4.67. The summed E-state index contributed by atoms with van der Waals surface area (Å²) in [6.07, 6.45) is -2.67. The van der Waals surface area contributed by atoms with Crippen molar-refractivity contribution in [3.63, 3.8) is 0 Å². The lowest BCUT2D eigenvalue weighted by Gasteiger charge is -2.22. The summed E-state index contributed by atoms with van der Waals surface area (Å²) in [5.74, 6) is -0.735. The van der Waals surface area contributed by atoms with Gasteiger partial charge in [0, 0.05) is 0 Å². The molecule has 168 valence electrons. The van der Waals surface area contributed by atoms with E-state index in [0.29, 0.717) is 22.5 Å². The number of hydrazone groups is 1. The fourth-order valence-corrected chi connectivity index (χ4v) is 3.31. The molecule has 0 spiro atoms. The largest absolute Gasteiger partial charge is 0.504 e. The van der Waals surface area contributed by atoms with E-state index >= 15 is 0 Å². The van der Waals surface area contributed by atoms with E-state index in [0.717, 1.165) is 24.5 Å². The number of phenolic OH excluding ortho intramolecular Hbond substituents is 1. The van der Waals surface area contributed by atoms with Crippen LogP contribution in [0.2, 0.25) is 0 Å². The summed E-state index contributed by atoms with van der Waals surface area (Å²) in [7, 11) is -4.06. The number of carbonyl (C=O) groups is 1. The van der Waals surface area contributed by atoms with Gasteiger partial charge in [-0.15, -0.1) is 0 Å². The first-order chi connectivity index (χ1) is 14.4. The third kappa shape index (κ3) is 6.88. The number of rotatable bonds is 8. The second kappa shape index (κ2) is 9.69. The number of benzene rings is 2. The van der Waals surface area contributed by atoms with Gasteiger partial charge in [-0.1, -0.05) is 6.07 Å². The Hall–Kier alpha value is -3.28. The Labute approximate surface area is 177 Å². The predicted octanol–water partition coefficient (Wildman–Crippen LogP) is 2.73. The molecule has 2 N–H and O–H groups in total. The van der Waals surface area contributed by atoms with Crippen LogP contribution >= 0.6 is 0 Å². The van der Waals surface area contributed by atoms with Crippen LogP contribution in [0.5, 0.6) is 11.5 Å². The zero-order valence-electron chi connectivity index (χ0n) is 16.5. The molecule has 0 fully saturated rings. The zero-order chi connectivity index (χ0) is 23.2. The van der Waals surface area contributed by atoms with Crippen molar-refractivity contribution in [3.8, 4) is 11.5 Å². The molecule has 31 heavy (non-hydrogen) atoms. The Morgan fingerprint density at radius 2 is 1.97 bits per heavy atom. The Bertz CT molecular complexity index is 1070. The van der Waals surface area contributed by atoms with Crippen molar-refractivity contribution in [1.29, 1.82) is 0 Å². The van der Waals surface area contributed by atoms with Gasteiger partial charge in [0.1, 0.15) is 6.54 Å². The number of ether oxygens (including phenoxy) is 1. The van der Waals surface area contributed by atoms with Gasteiger partial charge in [-0.3, -0.25) is 9.10 Å². The molecule has 0 unspecified atom stereocenters. The van der Waals surface area contributed by atoms with E-state index in [9.17, 15) is 31.5 Å². The number of sulfonamides is 1. The van der Waals surface area contributed by atoms with E-state index in [1.165, 1.54) is 24.4 Å². The number of carbonyl (C=O) groups excluding carboxylic acids is 1. The molecule has 0 aromatic heterocycles. The third-order valence-electron chi connectivity index (χ3n) is 3.84. The fraction of sp³-hybridized carbons (Fsp3) is 0.263. The summed E-state index contributed by atoms with van der Waals surface area (Å²) in [4.78, 5) is 12.2. The summed E-state index contributed by atoms with van der Waals surface area (Å²) < 4.78 is 68.6. The fourth-order valence-electron chi connectivity index (χ4n) is 2.46. The van der Waals surface area contributed by atoms with Gasteiger partial charge < -0.3 is 9.84 Å². The lowest BCUT2D eigenvalue weighted by atomic mass is 10.2. The molecule has 12 heteroatoms. The molecule has 0 atom stereocenters. The molecule has 0 heterocycles. The van der Waals surface area contributed by atoms with Gasteiger partial charge in [0.15, 0.2) is 11.5 Å². The van der Waals surface area contributed by atoms with Gasteiger partial charge in [-0.25, -0.2) is 13.8 Å². The summed E-state index contributed by atoms with van der Waals surface area (Å²) in [5, 5.41) is 13.4. The number of hydrogen-bond donors (Lipinski definition) is 2. The van der Waals surface area contributed by atoms with Crippen LogP contribution in [0, 0.1) is 0 Å². The van der Waals surface area contributed by atoms with Crippen molar-refractivity contribution < 1.29 is 36.2 Å². The number of halogens is 3. The molecule has 2 aromatic rings. The Morgan fingerprint density at radius 1 is 1.26 bits per heavy atom. The molecule has 1 amide bonds. The highest BCUT2D eigenvalue weighted by atomic mass is 32.2. The van der Waals surface area contributed by atoms with E-state index in [1.807, 2.05) is 0 Å². The van der Waals surface area contributed by atoms with Crippen LogP contribution in [0.1, 0.15) is 18.1 Å². The minimum absolute atomic E-state index is 0.0760. The standard InChI is InChI=1S/C19H20F3N3O5S/c1-3-30-17-9-13(7-8-16(17)26)11-23-24-18(27)12-25(31(2,28)29)15-6-4-5-14(10-15)19(20,21)22/h4-11,26H,3,12H2,1-2H3,(H,24,27)/b23-11+. The number of nitrogens with one attached hydrogen (secondary N) is 1. The summed E-state index contributed by atoms with van der Waals surface area (Å²) in [6.45, 7) is 1.28. The van der Waals surface area contributed by atoms with Crippen molar-refractivity contribution >= 4 is 27.8 Å². The Morgan fingerprint density at radius 3 is 2.58 bits per heavy atom. The Kier molecular flexibility index (Phi) is 7.50. The smallest absolute Gasteiger partial charge is 0.416 e. The van der Waals surface area contributed by atoms with Crippen molar-refractivity contribution in [2.75, 3.05) is 23.7 Å². The maximum Gasteiger partial charge on any atom is 0.416 e. The number of phenols is 1.